The number of aromatic nitrogens is 4. The van der Waals surface area contributed by atoms with Crippen LogP contribution >= 0.6 is 11.6 Å². The Morgan fingerprint density at radius 3 is 2.73 bits per heavy atom. The molecule has 0 aliphatic rings. The number of ether oxygens (including phenoxy) is 1. The summed E-state index contributed by atoms with van der Waals surface area (Å²) in [6, 6.07) is 13.1. The molecule has 7 heteroatoms. The highest BCUT2D eigenvalue weighted by Gasteiger charge is 2.13. The molecule has 0 saturated heterocycles. The Hall–Kier alpha value is -3.25. The van der Waals surface area contributed by atoms with Crippen molar-refractivity contribution in [3.05, 3.63) is 66.3 Å². The molecule has 3 aromatic heterocycles. The monoisotopic (exact) mass is 363 g/mol. The molecule has 0 radical (unpaired) electrons. The van der Waals surface area contributed by atoms with E-state index in [1.165, 1.54) is 6.33 Å². The Labute approximate surface area is 154 Å². The van der Waals surface area contributed by atoms with Crippen molar-refractivity contribution >= 4 is 28.2 Å². The van der Waals surface area contributed by atoms with Gasteiger partial charge in [0.15, 0.2) is 0 Å². The average Bonchev–Trinajstić information content (AvgIpc) is 2.69. The topological polar surface area (TPSA) is 72.8 Å². The zero-order valence-corrected chi connectivity index (χ0v) is 14.6. The molecular formula is C19H14ClN5O. The molecule has 0 aliphatic heterocycles. The lowest BCUT2D eigenvalue weighted by molar-refractivity contribution is 0.470. The highest BCUT2D eigenvalue weighted by atomic mass is 35.5. The second-order valence-corrected chi connectivity index (χ2v) is 5.81. The lowest BCUT2D eigenvalue weighted by Gasteiger charge is -2.12. The summed E-state index contributed by atoms with van der Waals surface area (Å²) >= 11 is 6.19. The van der Waals surface area contributed by atoms with Gasteiger partial charge in [-0.3, -0.25) is 0 Å². The quantitative estimate of drug-likeness (QED) is 0.535. The largest absolute Gasteiger partial charge is 0.438 e. The second-order valence-electron chi connectivity index (χ2n) is 5.45. The van der Waals surface area contributed by atoms with Crippen molar-refractivity contribution in [3.8, 4) is 22.9 Å². The van der Waals surface area contributed by atoms with Crippen molar-refractivity contribution in [2.45, 2.75) is 0 Å². The van der Waals surface area contributed by atoms with Crippen LogP contribution in [0.4, 0.5) is 5.82 Å². The molecule has 128 valence electrons. The molecule has 0 aliphatic carbocycles. The smallest absolute Gasteiger partial charge is 0.228 e. The number of anilines is 1. The van der Waals surface area contributed by atoms with E-state index in [0.29, 0.717) is 28.3 Å². The van der Waals surface area contributed by atoms with Gasteiger partial charge in [-0.15, -0.1) is 0 Å². The summed E-state index contributed by atoms with van der Waals surface area (Å²) in [5.74, 6) is 1.82. The van der Waals surface area contributed by atoms with Crippen LogP contribution in [0, 0.1) is 0 Å². The van der Waals surface area contributed by atoms with E-state index in [0.717, 1.165) is 16.3 Å². The molecule has 0 bridgehead atoms. The minimum Gasteiger partial charge on any atom is -0.438 e. The Morgan fingerprint density at radius 1 is 0.923 bits per heavy atom. The molecule has 0 unspecified atom stereocenters. The molecule has 1 aromatic carbocycles. The third kappa shape index (κ3) is 3.02. The lowest BCUT2D eigenvalue weighted by atomic mass is 10.1. The number of benzene rings is 1. The van der Waals surface area contributed by atoms with Crippen molar-refractivity contribution in [1.82, 2.24) is 19.9 Å². The van der Waals surface area contributed by atoms with E-state index in [4.69, 9.17) is 16.3 Å². The zero-order chi connectivity index (χ0) is 17.9. The van der Waals surface area contributed by atoms with Crippen molar-refractivity contribution in [2.75, 3.05) is 12.4 Å². The summed E-state index contributed by atoms with van der Waals surface area (Å²) in [7, 11) is 1.81. The van der Waals surface area contributed by atoms with Gasteiger partial charge in [0.25, 0.3) is 0 Å². The number of nitrogens with zero attached hydrogens (tertiary/aromatic N) is 4. The second kappa shape index (κ2) is 6.93. The van der Waals surface area contributed by atoms with Gasteiger partial charge in [0, 0.05) is 36.3 Å². The molecule has 0 saturated carbocycles. The van der Waals surface area contributed by atoms with E-state index in [2.05, 4.69) is 25.3 Å². The van der Waals surface area contributed by atoms with E-state index in [9.17, 15) is 0 Å². The lowest BCUT2D eigenvalue weighted by Crippen LogP contribution is -1.97. The zero-order valence-electron chi connectivity index (χ0n) is 13.8. The SMILES string of the molecule is CNc1cc(-c2cccnc2Oc2cccc3c(Cl)nccc23)ncn1. The molecule has 0 amide bonds. The molecular weight excluding hydrogens is 350 g/mol. The first kappa shape index (κ1) is 16.2. The Balaban J connectivity index is 1.80. The predicted octanol–water partition coefficient (Wildman–Crippen LogP) is 4.57. The normalized spacial score (nSPS) is 10.7. The van der Waals surface area contributed by atoms with Crippen LogP contribution < -0.4 is 10.1 Å². The summed E-state index contributed by atoms with van der Waals surface area (Å²) in [5, 5.41) is 5.12. The van der Waals surface area contributed by atoms with E-state index in [-0.39, 0.29) is 0 Å². The molecule has 26 heavy (non-hydrogen) atoms. The maximum Gasteiger partial charge on any atom is 0.228 e. The van der Waals surface area contributed by atoms with Crippen LogP contribution in [0.5, 0.6) is 11.6 Å². The van der Waals surface area contributed by atoms with Gasteiger partial charge in [-0.2, -0.15) is 0 Å². The number of hydrogen-bond acceptors (Lipinski definition) is 6. The summed E-state index contributed by atoms with van der Waals surface area (Å²) in [6.07, 6.45) is 4.83. The van der Waals surface area contributed by atoms with Crippen LogP contribution in [0.2, 0.25) is 5.15 Å². The standard InChI is InChI=1S/C19H14ClN5O/c1-21-17-10-15(24-11-25-17)14-5-3-8-23-19(14)26-16-6-2-4-13-12(16)7-9-22-18(13)20/h2-11H,1H3,(H,21,24,25). The van der Waals surface area contributed by atoms with Crippen molar-refractivity contribution in [1.29, 1.82) is 0 Å². The number of fused-ring (bicyclic) bond motifs is 1. The fourth-order valence-electron chi connectivity index (χ4n) is 2.64. The van der Waals surface area contributed by atoms with E-state index in [1.54, 1.807) is 19.4 Å². The summed E-state index contributed by atoms with van der Waals surface area (Å²) in [6.45, 7) is 0. The average molecular weight is 364 g/mol. The van der Waals surface area contributed by atoms with Gasteiger partial charge < -0.3 is 10.1 Å². The van der Waals surface area contributed by atoms with E-state index in [1.807, 2.05) is 42.5 Å². The van der Waals surface area contributed by atoms with Crippen molar-refractivity contribution < 1.29 is 4.74 Å². The molecule has 4 rings (SSSR count). The fourth-order valence-corrected chi connectivity index (χ4v) is 2.87. The van der Waals surface area contributed by atoms with Gasteiger partial charge >= 0.3 is 0 Å². The molecule has 4 aromatic rings. The molecule has 3 heterocycles. The van der Waals surface area contributed by atoms with Crippen molar-refractivity contribution in [3.63, 3.8) is 0 Å². The Bertz CT molecular complexity index is 1090. The first-order valence-corrected chi connectivity index (χ1v) is 8.30. The molecule has 0 fully saturated rings. The molecule has 0 spiro atoms. The van der Waals surface area contributed by atoms with Crippen LogP contribution in [-0.2, 0) is 0 Å². The Morgan fingerprint density at radius 2 is 1.85 bits per heavy atom. The third-order valence-corrected chi connectivity index (χ3v) is 4.20. The van der Waals surface area contributed by atoms with Gasteiger partial charge in [0.1, 0.15) is 23.0 Å². The van der Waals surface area contributed by atoms with Crippen LogP contribution in [0.25, 0.3) is 22.0 Å². The number of nitrogens with one attached hydrogen (secondary N) is 1. The van der Waals surface area contributed by atoms with Gasteiger partial charge in [0.05, 0.1) is 11.3 Å². The van der Waals surface area contributed by atoms with Gasteiger partial charge in [-0.1, -0.05) is 23.7 Å². The first-order chi connectivity index (χ1) is 12.8. The minimum absolute atomic E-state index is 0.434. The fraction of sp³-hybridized carbons (Fsp3) is 0.0526. The van der Waals surface area contributed by atoms with Crippen LogP contribution in [0.3, 0.4) is 0 Å². The van der Waals surface area contributed by atoms with Gasteiger partial charge in [-0.05, 0) is 24.3 Å². The number of hydrogen-bond donors (Lipinski definition) is 1. The predicted molar refractivity (Wildman–Crippen MR) is 102 cm³/mol. The Kier molecular flexibility index (Phi) is 4.33. The van der Waals surface area contributed by atoms with Crippen LogP contribution in [0.1, 0.15) is 0 Å². The highest BCUT2D eigenvalue weighted by molar-refractivity contribution is 6.34. The third-order valence-electron chi connectivity index (χ3n) is 3.89. The molecule has 6 nitrogen and oxygen atoms in total. The molecule has 0 atom stereocenters. The summed E-state index contributed by atoms with van der Waals surface area (Å²) in [4.78, 5) is 17.0. The van der Waals surface area contributed by atoms with Crippen LogP contribution in [0.15, 0.2) is 61.2 Å². The molecule has 1 N–H and O–H groups in total. The van der Waals surface area contributed by atoms with Gasteiger partial charge in [0.2, 0.25) is 5.88 Å². The first-order valence-electron chi connectivity index (χ1n) is 7.92. The summed E-state index contributed by atoms with van der Waals surface area (Å²) < 4.78 is 6.13. The van der Waals surface area contributed by atoms with E-state index < -0.39 is 0 Å². The van der Waals surface area contributed by atoms with Crippen LogP contribution in [-0.4, -0.2) is 27.0 Å². The maximum atomic E-state index is 6.19. The van der Waals surface area contributed by atoms with E-state index >= 15 is 0 Å². The number of halogens is 1. The van der Waals surface area contributed by atoms with Gasteiger partial charge in [-0.25, -0.2) is 19.9 Å². The number of pyridine rings is 2. The van der Waals surface area contributed by atoms with Crippen molar-refractivity contribution in [2.24, 2.45) is 0 Å². The highest BCUT2D eigenvalue weighted by Crippen LogP contribution is 2.35. The minimum atomic E-state index is 0.434. The maximum absolute atomic E-state index is 6.19. The summed E-state index contributed by atoms with van der Waals surface area (Å²) in [5.41, 5.74) is 1.48. The number of rotatable bonds is 4.